The van der Waals surface area contributed by atoms with Gasteiger partial charge in [-0.25, -0.2) is 4.79 Å². The average molecular weight is 255 g/mol. The fourth-order valence-electron chi connectivity index (χ4n) is 1.29. The van der Waals surface area contributed by atoms with Crippen molar-refractivity contribution in [3.8, 4) is 6.01 Å². The summed E-state index contributed by atoms with van der Waals surface area (Å²) >= 11 is 0. The number of carbonyl (C=O) groups excluding carboxylic acids is 1. The Morgan fingerprint density at radius 2 is 1.94 bits per heavy atom. The van der Waals surface area contributed by atoms with E-state index in [4.69, 9.17) is 15.2 Å². The highest BCUT2D eigenvalue weighted by atomic mass is 16.5. The highest BCUT2D eigenvalue weighted by Crippen LogP contribution is 2.13. The van der Waals surface area contributed by atoms with Crippen LogP contribution in [0.1, 0.15) is 13.8 Å². The summed E-state index contributed by atoms with van der Waals surface area (Å²) < 4.78 is 9.56. The quantitative estimate of drug-likeness (QED) is 0.711. The lowest BCUT2D eigenvalue weighted by Crippen LogP contribution is -2.36. The number of nitrogens with zero attached hydrogens (tertiary/aromatic N) is 3. The van der Waals surface area contributed by atoms with Gasteiger partial charge in [-0.1, -0.05) is 13.8 Å². The van der Waals surface area contributed by atoms with Crippen LogP contribution in [0.2, 0.25) is 0 Å². The summed E-state index contributed by atoms with van der Waals surface area (Å²) in [6.45, 7) is 3.74. The summed E-state index contributed by atoms with van der Waals surface area (Å²) in [7, 11) is 2.74. The summed E-state index contributed by atoms with van der Waals surface area (Å²) in [5.74, 6) is -0.218. The highest BCUT2D eigenvalue weighted by molar-refractivity contribution is 5.78. The Morgan fingerprint density at radius 3 is 2.44 bits per heavy atom. The Hall–Kier alpha value is -2.12. The van der Waals surface area contributed by atoms with Crippen molar-refractivity contribution in [1.82, 2.24) is 15.0 Å². The molecule has 0 fully saturated rings. The average Bonchev–Trinajstić information content (AvgIpc) is 2.34. The maximum Gasteiger partial charge on any atom is 0.328 e. The molecule has 0 aromatic carbocycles. The van der Waals surface area contributed by atoms with Crippen LogP contribution in [-0.2, 0) is 9.53 Å². The third-order valence-electron chi connectivity index (χ3n) is 2.22. The van der Waals surface area contributed by atoms with Crippen molar-refractivity contribution in [2.45, 2.75) is 19.9 Å². The number of methoxy groups -OCH3 is 2. The molecule has 1 aromatic heterocycles. The highest BCUT2D eigenvalue weighted by Gasteiger charge is 2.24. The van der Waals surface area contributed by atoms with Gasteiger partial charge < -0.3 is 20.5 Å². The lowest BCUT2D eigenvalue weighted by atomic mass is 10.1. The van der Waals surface area contributed by atoms with Crippen molar-refractivity contribution in [3.63, 3.8) is 0 Å². The number of ether oxygens (including phenoxy) is 2. The minimum absolute atomic E-state index is 0.00133. The van der Waals surface area contributed by atoms with Gasteiger partial charge in [0.1, 0.15) is 6.04 Å². The van der Waals surface area contributed by atoms with Crippen LogP contribution in [0.3, 0.4) is 0 Å². The van der Waals surface area contributed by atoms with Crippen LogP contribution in [-0.4, -0.2) is 41.2 Å². The van der Waals surface area contributed by atoms with E-state index in [1.165, 1.54) is 14.2 Å². The van der Waals surface area contributed by atoms with Crippen molar-refractivity contribution in [2.75, 3.05) is 25.3 Å². The molecule has 0 aliphatic carbocycles. The number of nitrogens with two attached hydrogens (primary N) is 1. The van der Waals surface area contributed by atoms with Gasteiger partial charge in [-0.3, -0.25) is 0 Å². The molecule has 0 bridgehead atoms. The number of hydrogen-bond donors (Lipinski definition) is 2. The largest absolute Gasteiger partial charge is 0.467 e. The molecule has 3 N–H and O–H groups in total. The molecule has 100 valence electrons. The number of nitrogens with one attached hydrogen (secondary N) is 1. The van der Waals surface area contributed by atoms with Crippen LogP contribution in [0.5, 0.6) is 6.01 Å². The van der Waals surface area contributed by atoms with Crippen molar-refractivity contribution in [3.05, 3.63) is 0 Å². The third-order valence-corrected chi connectivity index (χ3v) is 2.22. The van der Waals surface area contributed by atoms with Crippen LogP contribution < -0.4 is 15.8 Å². The lowest BCUT2D eigenvalue weighted by molar-refractivity contribution is -0.142. The molecule has 0 saturated heterocycles. The summed E-state index contributed by atoms with van der Waals surface area (Å²) in [5, 5.41) is 2.85. The molecule has 0 spiro atoms. The van der Waals surface area contributed by atoms with Crippen LogP contribution in [0.4, 0.5) is 11.9 Å². The van der Waals surface area contributed by atoms with Crippen molar-refractivity contribution in [2.24, 2.45) is 5.92 Å². The van der Waals surface area contributed by atoms with Gasteiger partial charge in [0, 0.05) is 0 Å². The van der Waals surface area contributed by atoms with E-state index in [1.54, 1.807) is 0 Å². The second-order valence-corrected chi connectivity index (χ2v) is 3.89. The van der Waals surface area contributed by atoms with Crippen LogP contribution >= 0.6 is 0 Å². The molecule has 8 heteroatoms. The van der Waals surface area contributed by atoms with E-state index in [2.05, 4.69) is 20.3 Å². The molecule has 1 atom stereocenters. The fourth-order valence-corrected chi connectivity index (χ4v) is 1.29. The third kappa shape index (κ3) is 3.44. The molecule has 18 heavy (non-hydrogen) atoms. The summed E-state index contributed by atoms with van der Waals surface area (Å²) in [4.78, 5) is 23.2. The van der Waals surface area contributed by atoms with E-state index in [9.17, 15) is 4.79 Å². The fraction of sp³-hybridized carbons (Fsp3) is 0.600. The van der Waals surface area contributed by atoms with Crippen LogP contribution in [0.15, 0.2) is 0 Å². The van der Waals surface area contributed by atoms with E-state index >= 15 is 0 Å². The Balaban J connectivity index is 2.93. The minimum Gasteiger partial charge on any atom is -0.467 e. The number of carbonyl (C=O) groups is 1. The Bertz CT molecular complexity index is 424. The number of hydrogen-bond acceptors (Lipinski definition) is 8. The van der Waals surface area contributed by atoms with Gasteiger partial charge >= 0.3 is 12.0 Å². The second-order valence-electron chi connectivity index (χ2n) is 3.89. The Morgan fingerprint density at radius 1 is 1.28 bits per heavy atom. The van der Waals surface area contributed by atoms with E-state index < -0.39 is 12.0 Å². The SMILES string of the molecule is COC(=O)C(Nc1nc(N)nc(OC)n1)C(C)C. The molecule has 0 radical (unpaired) electrons. The van der Waals surface area contributed by atoms with E-state index in [0.717, 1.165) is 0 Å². The predicted octanol–water partition coefficient (Wildman–Crippen LogP) is 0.0719. The normalized spacial score (nSPS) is 12.1. The van der Waals surface area contributed by atoms with Gasteiger partial charge in [-0.2, -0.15) is 15.0 Å². The van der Waals surface area contributed by atoms with Gasteiger partial charge in [0.2, 0.25) is 11.9 Å². The van der Waals surface area contributed by atoms with Crippen molar-refractivity contribution < 1.29 is 14.3 Å². The van der Waals surface area contributed by atoms with Crippen molar-refractivity contribution >= 4 is 17.9 Å². The van der Waals surface area contributed by atoms with E-state index in [-0.39, 0.29) is 23.8 Å². The Labute approximate surface area is 105 Å². The second kappa shape index (κ2) is 5.99. The first-order chi connectivity index (χ1) is 8.47. The molecule has 1 unspecified atom stereocenters. The predicted molar refractivity (Wildman–Crippen MR) is 65.1 cm³/mol. The molecule has 0 aliphatic rings. The molecule has 8 nitrogen and oxygen atoms in total. The summed E-state index contributed by atoms with van der Waals surface area (Å²) in [6, 6.07) is -0.487. The molecule has 0 aliphatic heterocycles. The zero-order valence-electron chi connectivity index (χ0n) is 10.8. The first kappa shape index (κ1) is 13.9. The lowest BCUT2D eigenvalue weighted by Gasteiger charge is -2.19. The molecule has 0 saturated carbocycles. The number of esters is 1. The molecule has 1 rings (SSSR count). The minimum atomic E-state index is -0.568. The number of rotatable bonds is 5. The molecule has 1 heterocycles. The van der Waals surface area contributed by atoms with Gasteiger partial charge in [0.25, 0.3) is 0 Å². The Kier molecular flexibility index (Phi) is 4.64. The molecular formula is C10H17N5O3. The topological polar surface area (TPSA) is 112 Å². The molecule has 0 amide bonds. The zero-order valence-corrected chi connectivity index (χ0v) is 10.8. The van der Waals surface area contributed by atoms with Crippen LogP contribution in [0, 0.1) is 5.92 Å². The standard InChI is InChI=1S/C10H17N5O3/c1-5(2)6(7(16)17-3)12-9-13-8(11)14-10(15-9)18-4/h5-6H,1-4H3,(H3,11,12,13,14,15). The summed E-state index contributed by atoms with van der Waals surface area (Å²) in [5.41, 5.74) is 5.50. The number of nitrogen functional groups attached to an aromatic ring is 1. The number of aromatic nitrogens is 3. The van der Waals surface area contributed by atoms with Gasteiger partial charge in [0.05, 0.1) is 14.2 Å². The zero-order chi connectivity index (χ0) is 13.7. The maximum atomic E-state index is 11.6. The first-order valence-corrected chi connectivity index (χ1v) is 5.37. The van der Waals surface area contributed by atoms with Gasteiger partial charge in [0.15, 0.2) is 0 Å². The molecular weight excluding hydrogens is 238 g/mol. The van der Waals surface area contributed by atoms with E-state index in [0.29, 0.717) is 0 Å². The van der Waals surface area contributed by atoms with E-state index in [1.807, 2.05) is 13.8 Å². The van der Waals surface area contributed by atoms with Gasteiger partial charge in [-0.15, -0.1) is 0 Å². The smallest absolute Gasteiger partial charge is 0.328 e. The number of anilines is 2. The van der Waals surface area contributed by atoms with Crippen molar-refractivity contribution in [1.29, 1.82) is 0 Å². The monoisotopic (exact) mass is 255 g/mol. The summed E-state index contributed by atoms with van der Waals surface area (Å²) in [6.07, 6.45) is 0. The van der Waals surface area contributed by atoms with Crippen LogP contribution in [0.25, 0.3) is 0 Å². The first-order valence-electron chi connectivity index (χ1n) is 5.37. The molecule has 1 aromatic rings. The van der Waals surface area contributed by atoms with Gasteiger partial charge in [-0.05, 0) is 5.92 Å². The maximum absolute atomic E-state index is 11.6.